The lowest BCUT2D eigenvalue weighted by Gasteiger charge is -2.43. The van der Waals surface area contributed by atoms with Crippen LogP contribution in [0.15, 0.2) is 23.8 Å². The minimum atomic E-state index is -0.597. The molecule has 0 amide bonds. The molecule has 5 nitrogen and oxygen atoms in total. The molecule has 1 heterocycles. The molecule has 0 aromatic carbocycles. The van der Waals surface area contributed by atoms with Gasteiger partial charge in [0.15, 0.2) is 0 Å². The lowest BCUT2D eigenvalue weighted by atomic mass is 9.65. The van der Waals surface area contributed by atoms with Crippen LogP contribution in [0, 0.1) is 29.6 Å². The molecule has 3 aliphatic rings. The summed E-state index contributed by atoms with van der Waals surface area (Å²) in [6, 6.07) is 0. The fraction of sp³-hybridized carbons (Fsp3) is 0.750. The van der Waals surface area contributed by atoms with E-state index in [-0.39, 0.29) is 42.4 Å². The number of hydrogen-bond acceptors (Lipinski definition) is 5. The molecule has 0 radical (unpaired) electrons. The molecule has 0 spiro atoms. The lowest BCUT2D eigenvalue weighted by Crippen LogP contribution is -2.42. The molecule has 1 N–H and O–H groups in total. The molecule has 0 bridgehead atoms. The lowest BCUT2D eigenvalue weighted by molar-refractivity contribution is -0.162. The number of ether oxygens (including phenoxy) is 2. The number of carbonyl (C=O) groups excluding carboxylic acids is 2. The van der Waals surface area contributed by atoms with Gasteiger partial charge in [-0.3, -0.25) is 9.59 Å². The summed E-state index contributed by atoms with van der Waals surface area (Å²) in [4.78, 5) is 24.2. The zero-order valence-electron chi connectivity index (χ0n) is 18.2. The van der Waals surface area contributed by atoms with Gasteiger partial charge in [-0.05, 0) is 49.0 Å². The normalized spacial score (nSPS) is 37.9. The first-order chi connectivity index (χ1) is 13.8. The van der Waals surface area contributed by atoms with E-state index in [1.807, 2.05) is 13.8 Å². The number of fused-ring (bicyclic) bond motifs is 1. The predicted octanol–water partition coefficient (Wildman–Crippen LogP) is 4.20. The highest BCUT2D eigenvalue weighted by Crippen LogP contribution is 2.45. The summed E-state index contributed by atoms with van der Waals surface area (Å²) in [6.07, 6.45) is 9.70. The molecule has 0 unspecified atom stereocenters. The molecule has 162 valence electrons. The molecular weight excluding hydrogens is 368 g/mol. The quantitative estimate of drug-likeness (QED) is 0.672. The van der Waals surface area contributed by atoms with Gasteiger partial charge in [-0.2, -0.15) is 0 Å². The van der Waals surface area contributed by atoms with Crippen molar-refractivity contribution in [1.29, 1.82) is 0 Å². The number of aliphatic hydroxyl groups is 1. The van der Waals surface area contributed by atoms with E-state index in [1.165, 1.54) is 5.57 Å². The molecule has 29 heavy (non-hydrogen) atoms. The minimum Gasteiger partial charge on any atom is -0.462 e. The summed E-state index contributed by atoms with van der Waals surface area (Å²) in [7, 11) is 0. The van der Waals surface area contributed by atoms with Crippen molar-refractivity contribution in [3.8, 4) is 0 Å². The highest BCUT2D eigenvalue weighted by atomic mass is 16.5. The van der Waals surface area contributed by atoms with Crippen molar-refractivity contribution in [2.75, 3.05) is 0 Å². The van der Waals surface area contributed by atoms with E-state index in [4.69, 9.17) is 9.47 Å². The zero-order valence-corrected chi connectivity index (χ0v) is 18.2. The van der Waals surface area contributed by atoms with Crippen LogP contribution in [0.25, 0.3) is 0 Å². The van der Waals surface area contributed by atoms with Gasteiger partial charge in [0.1, 0.15) is 12.2 Å². The second kappa shape index (κ2) is 9.46. The van der Waals surface area contributed by atoms with Crippen molar-refractivity contribution in [2.24, 2.45) is 29.6 Å². The largest absolute Gasteiger partial charge is 0.462 e. The Morgan fingerprint density at radius 1 is 1.31 bits per heavy atom. The first-order valence-corrected chi connectivity index (χ1v) is 11.3. The highest BCUT2D eigenvalue weighted by Gasteiger charge is 2.42. The van der Waals surface area contributed by atoms with Crippen molar-refractivity contribution in [1.82, 2.24) is 0 Å². The Morgan fingerprint density at radius 3 is 2.76 bits per heavy atom. The summed E-state index contributed by atoms with van der Waals surface area (Å²) in [5.74, 6) is 0.755. The van der Waals surface area contributed by atoms with Crippen LogP contribution in [-0.4, -0.2) is 35.4 Å². The molecule has 1 saturated heterocycles. The number of aliphatic hydroxyl groups excluding tert-OH is 1. The summed E-state index contributed by atoms with van der Waals surface area (Å²) in [5, 5.41) is 9.89. The Hall–Kier alpha value is -1.62. The van der Waals surface area contributed by atoms with Gasteiger partial charge in [-0.25, -0.2) is 0 Å². The number of rotatable bonds is 6. The second-order valence-electron chi connectivity index (χ2n) is 9.36. The van der Waals surface area contributed by atoms with Crippen LogP contribution in [0.5, 0.6) is 0 Å². The number of hydrogen-bond donors (Lipinski definition) is 1. The van der Waals surface area contributed by atoms with Crippen LogP contribution in [0.3, 0.4) is 0 Å². The van der Waals surface area contributed by atoms with E-state index in [0.29, 0.717) is 24.2 Å². The number of carbonyl (C=O) groups is 2. The number of allylic oxidation sites excluding steroid dienone is 3. The van der Waals surface area contributed by atoms with Crippen LogP contribution in [-0.2, 0) is 19.1 Å². The van der Waals surface area contributed by atoms with Crippen LogP contribution < -0.4 is 0 Å². The number of cyclic esters (lactones) is 1. The molecule has 1 fully saturated rings. The first-order valence-electron chi connectivity index (χ1n) is 11.3. The van der Waals surface area contributed by atoms with Gasteiger partial charge < -0.3 is 14.6 Å². The van der Waals surface area contributed by atoms with Crippen LogP contribution in [0.2, 0.25) is 0 Å². The summed E-state index contributed by atoms with van der Waals surface area (Å²) < 4.78 is 11.5. The van der Waals surface area contributed by atoms with Gasteiger partial charge in [-0.1, -0.05) is 45.9 Å². The third-order valence-corrected chi connectivity index (χ3v) is 6.93. The average molecular weight is 405 g/mol. The molecular formula is C24H36O5. The van der Waals surface area contributed by atoms with Crippen molar-refractivity contribution in [3.05, 3.63) is 23.8 Å². The third-order valence-electron chi connectivity index (χ3n) is 6.93. The topological polar surface area (TPSA) is 72.8 Å². The Balaban J connectivity index is 1.74. The highest BCUT2D eigenvalue weighted by molar-refractivity contribution is 5.72. The molecule has 0 aromatic rings. The van der Waals surface area contributed by atoms with E-state index in [0.717, 1.165) is 25.7 Å². The summed E-state index contributed by atoms with van der Waals surface area (Å²) >= 11 is 0. The molecule has 2 aliphatic carbocycles. The standard InChI is InChI=1S/C24H36O5/c1-5-15(3)24(27)29-21-11-14(2)10-17-7-6-16(4)20(23(17)21)9-8-19-12-18(25)13-22(26)28-19/h6-7,10,14-16,18-21,23,25H,5,8-9,11-13H2,1-4H3/t14-,15+,16-,18+,19-,20-,21-,23+/m0/s1. The van der Waals surface area contributed by atoms with Crippen molar-refractivity contribution in [2.45, 2.75) is 84.5 Å². The molecule has 0 aromatic heterocycles. The molecule has 3 rings (SSSR count). The van der Waals surface area contributed by atoms with Gasteiger partial charge >= 0.3 is 11.9 Å². The summed E-state index contributed by atoms with van der Waals surface area (Å²) in [6.45, 7) is 8.33. The molecule has 0 saturated carbocycles. The second-order valence-corrected chi connectivity index (χ2v) is 9.36. The maximum atomic E-state index is 12.5. The van der Waals surface area contributed by atoms with E-state index in [1.54, 1.807) is 0 Å². The van der Waals surface area contributed by atoms with E-state index in [9.17, 15) is 14.7 Å². The van der Waals surface area contributed by atoms with Crippen LogP contribution >= 0.6 is 0 Å². The zero-order chi connectivity index (χ0) is 21.1. The van der Waals surface area contributed by atoms with E-state index < -0.39 is 6.10 Å². The first kappa shape index (κ1) is 22.1. The molecule has 8 atom stereocenters. The predicted molar refractivity (Wildman–Crippen MR) is 111 cm³/mol. The van der Waals surface area contributed by atoms with Crippen LogP contribution in [0.1, 0.15) is 66.2 Å². The van der Waals surface area contributed by atoms with Gasteiger partial charge in [0, 0.05) is 12.3 Å². The molecule has 1 aliphatic heterocycles. The SMILES string of the molecule is CC[C@@H](C)C(=O)O[C@H]1C[C@@H](C)C=C2C=C[C@H](C)[C@H](CC[C@H]3C[C@@H](O)CC(=O)O3)[C@@H]21. The fourth-order valence-corrected chi connectivity index (χ4v) is 5.07. The Morgan fingerprint density at radius 2 is 2.07 bits per heavy atom. The van der Waals surface area contributed by atoms with Crippen molar-refractivity contribution < 1.29 is 24.2 Å². The molecule has 5 heteroatoms. The Bertz CT molecular complexity index is 666. The van der Waals surface area contributed by atoms with Gasteiger partial charge in [0.25, 0.3) is 0 Å². The summed E-state index contributed by atoms with van der Waals surface area (Å²) in [5.41, 5.74) is 1.27. The Labute approximate surface area is 174 Å². The average Bonchev–Trinajstić information content (AvgIpc) is 2.65. The van der Waals surface area contributed by atoms with Crippen molar-refractivity contribution in [3.63, 3.8) is 0 Å². The van der Waals surface area contributed by atoms with Gasteiger partial charge in [0.05, 0.1) is 18.4 Å². The third kappa shape index (κ3) is 5.30. The maximum absolute atomic E-state index is 12.5. The monoisotopic (exact) mass is 404 g/mol. The number of esters is 2. The van der Waals surface area contributed by atoms with E-state index in [2.05, 4.69) is 32.1 Å². The fourth-order valence-electron chi connectivity index (χ4n) is 5.07. The maximum Gasteiger partial charge on any atom is 0.308 e. The van der Waals surface area contributed by atoms with Gasteiger partial charge in [0.2, 0.25) is 0 Å². The van der Waals surface area contributed by atoms with E-state index >= 15 is 0 Å². The smallest absolute Gasteiger partial charge is 0.308 e. The minimum absolute atomic E-state index is 0.0854. The van der Waals surface area contributed by atoms with Crippen LogP contribution in [0.4, 0.5) is 0 Å². The van der Waals surface area contributed by atoms with Gasteiger partial charge in [-0.15, -0.1) is 0 Å². The Kier molecular flexibility index (Phi) is 7.20. The van der Waals surface area contributed by atoms with Crippen molar-refractivity contribution >= 4 is 11.9 Å².